The highest BCUT2D eigenvalue weighted by Gasteiger charge is 2.15. The second kappa shape index (κ2) is 6.52. The molecule has 1 heterocycles. The Balaban J connectivity index is 2.51. The van der Waals surface area contributed by atoms with Crippen LogP contribution in [0.1, 0.15) is 24.6 Å². The summed E-state index contributed by atoms with van der Waals surface area (Å²) in [6.45, 7) is 6.30. The van der Waals surface area contributed by atoms with Gasteiger partial charge in [-0.15, -0.1) is 0 Å². The van der Waals surface area contributed by atoms with Crippen LogP contribution >= 0.6 is 0 Å². The van der Waals surface area contributed by atoms with Gasteiger partial charge in [0.05, 0.1) is 18.4 Å². The van der Waals surface area contributed by atoms with Crippen molar-refractivity contribution in [3.05, 3.63) is 35.3 Å². The molecule has 0 aliphatic rings. The van der Waals surface area contributed by atoms with Crippen molar-refractivity contribution in [1.82, 2.24) is 9.97 Å². The van der Waals surface area contributed by atoms with Gasteiger partial charge in [-0.3, -0.25) is 0 Å². The molecule has 2 aromatic rings. The van der Waals surface area contributed by atoms with Crippen LogP contribution in [0.4, 0.5) is 10.2 Å². The summed E-state index contributed by atoms with van der Waals surface area (Å²) in [5.74, 6) is 0.979. The summed E-state index contributed by atoms with van der Waals surface area (Å²) >= 11 is 0. The van der Waals surface area contributed by atoms with Crippen LogP contribution in [-0.2, 0) is 0 Å². The number of anilines is 1. The molecule has 0 saturated carbocycles. The molecular formula is C16H20FN3O. The minimum Gasteiger partial charge on any atom is -0.496 e. The predicted octanol–water partition coefficient (Wildman–Crippen LogP) is 3.73. The first-order chi connectivity index (χ1) is 10.1. The molecule has 21 heavy (non-hydrogen) atoms. The van der Waals surface area contributed by atoms with Crippen molar-refractivity contribution in [2.24, 2.45) is 0 Å². The van der Waals surface area contributed by atoms with Crippen molar-refractivity contribution in [1.29, 1.82) is 0 Å². The van der Waals surface area contributed by atoms with E-state index in [4.69, 9.17) is 4.74 Å². The van der Waals surface area contributed by atoms with E-state index in [-0.39, 0.29) is 5.82 Å². The normalized spacial score (nSPS) is 10.5. The van der Waals surface area contributed by atoms with Crippen LogP contribution < -0.4 is 10.1 Å². The van der Waals surface area contributed by atoms with Gasteiger partial charge in [0.2, 0.25) is 0 Å². The van der Waals surface area contributed by atoms with Gasteiger partial charge in [0, 0.05) is 6.54 Å². The Kier molecular flexibility index (Phi) is 4.73. The summed E-state index contributed by atoms with van der Waals surface area (Å²) in [5, 5.41) is 3.00. The van der Waals surface area contributed by atoms with Crippen molar-refractivity contribution >= 4 is 5.82 Å². The molecule has 0 bridgehead atoms. The maximum absolute atomic E-state index is 14.0. The van der Waals surface area contributed by atoms with Gasteiger partial charge in [-0.05, 0) is 38.0 Å². The zero-order valence-electron chi connectivity index (χ0n) is 12.8. The van der Waals surface area contributed by atoms with Gasteiger partial charge < -0.3 is 10.1 Å². The van der Waals surface area contributed by atoms with E-state index in [0.29, 0.717) is 23.8 Å². The fourth-order valence-electron chi connectivity index (χ4n) is 2.02. The molecule has 0 aliphatic heterocycles. The lowest BCUT2D eigenvalue weighted by Crippen LogP contribution is -2.08. The standard InChI is InChI=1S/C16H20FN3O/c1-5-8-18-16-14(17)11(3)19-15(20-16)12-7-6-10(2)9-13(12)21-4/h6-7,9H,5,8H2,1-4H3,(H,18,19,20). The van der Waals surface area contributed by atoms with Crippen LogP contribution in [0, 0.1) is 19.7 Å². The summed E-state index contributed by atoms with van der Waals surface area (Å²) in [5.41, 5.74) is 2.16. The van der Waals surface area contributed by atoms with E-state index in [1.165, 1.54) is 0 Å². The number of hydrogen-bond donors (Lipinski definition) is 1. The Bertz CT molecular complexity index is 644. The Morgan fingerprint density at radius 2 is 2.00 bits per heavy atom. The van der Waals surface area contributed by atoms with Crippen molar-refractivity contribution < 1.29 is 9.13 Å². The first kappa shape index (κ1) is 15.2. The average molecular weight is 289 g/mol. The Hall–Kier alpha value is -2.17. The lowest BCUT2D eigenvalue weighted by Gasteiger charge is -2.12. The SMILES string of the molecule is CCCNc1nc(-c2ccc(C)cc2OC)nc(C)c1F. The van der Waals surface area contributed by atoms with Gasteiger partial charge in [-0.2, -0.15) is 0 Å². The third kappa shape index (κ3) is 3.29. The van der Waals surface area contributed by atoms with E-state index in [2.05, 4.69) is 15.3 Å². The predicted molar refractivity (Wildman–Crippen MR) is 82.2 cm³/mol. The molecule has 0 spiro atoms. The second-order valence-electron chi connectivity index (χ2n) is 4.93. The molecule has 0 unspecified atom stereocenters. The van der Waals surface area contributed by atoms with Gasteiger partial charge in [0.1, 0.15) is 5.75 Å². The summed E-state index contributed by atoms with van der Waals surface area (Å²) in [6, 6.07) is 5.76. The molecule has 0 fully saturated rings. The molecule has 4 nitrogen and oxygen atoms in total. The van der Waals surface area contributed by atoms with Gasteiger partial charge in [0.15, 0.2) is 17.5 Å². The maximum atomic E-state index is 14.0. The number of nitrogens with zero attached hydrogens (tertiary/aromatic N) is 2. The molecule has 0 atom stereocenters. The minimum absolute atomic E-state index is 0.238. The molecule has 0 aliphatic carbocycles. The smallest absolute Gasteiger partial charge is 0.186 e. The summed E-state index contributed by atoms with van der Waals surface area (Å²) in [7, 11) is 1.60. The topological polar surface area (TPSA) is 47.0 Å². The Labute approximate surface area is 124 Å². The number of ether oxygens (including phenoxy) is 1. The lowest BCUT2D eigenvalue weighted by molar-refractivity contribution is 0.416. The summed E-state index contributed by atoms with van der Waals surface area (Å²) < 4.78 is 19.4. The molecule has 112 valence electrons. The number of benzene rings is 1. The fourth-order valence-corrected chi connectivity index (χ4v) is 2.02. The third-order valence-corrected chi connectivity index (χ3v) is 3.16. The Morgan fingerprint density at radius 3 is 2.67 bits per heavy atom. The highest BCUT2D eigenvalue weighted by atomic mass is 19.1. The van der Waals surface area contributed by atoms with Crippen LogP contribution in [0.5, 0.6) is 5.75 Å². The number of aryl methyl sites for hydroxylation is 2. The van der Waals surface area contributed by atoms with Gasteiger partial charge in [-0.1, -0.05) is 13.0 Å². The molecule has 1 aromatic heterocycles. The van der Waals surface area contributed by atoms with Crippen molar-refractivity contribution in [3.8, 4) is 17.1 Å². The van der Waals surface area contributed by atoms with E-state index >= 15 is 0 Å². The van der Waals surface area contributed by atoms with Crippen LogP contribution in [0.25, 0.3) is 11.4 Å². The molecule has 5 heteroatoms. The number of methoxy groups -OCH3 is 1. The van der Waals surface area contributed by atoms with Gasteiger partial charge in [-0.25, -0.2) is 14.4 Å². The lowest BCUT2D eigenvalue weighted by atomic mass is 10.1. The van der Waals surface area contributed by atoms with Gasteiger partial charge >= 0.3 is 0 Å². The molecule has 1 aromatic carbocycles. The highest BCUT2D eigenvalue weighted by molar-refractivity contribution is 5.66. The number of halogens is 1. The van der Waals surface area contributed by atoms with E-state index in [1.807, 2.05) is 32.0 Å². The van der Waals surface area contributed by atoms with Crippen LogP contribution in [0.2, 0.25) is 0 Å². The highest BCUT2D eigenvalue weighted by Crippen LogP contribution is 2.30. The molecule has 1 N–H and O–H groups in total. The van der Waals surface area contributed by atoms with Crippen molar-refractivity contribution in [3.63, 3.8) is 0 Å². The van der Waals surface area contributed by atoms with Gasteiger partial charge in [0.25, 0.3) is 0 Å². The van der Waals surface area contributed by atoms with E-state index in [1.54, 1.807) is 14.0 Å². The molecule has 0 radical (unpaired) electrons. The molecule has 2 rings (SSSR count). The quantitative estimate of drug-likeness (QED) is 0.911. The van der Waals surface area contributed by atoms with Crippen molar-refractivity contribution in [2.75, 3.05) is 19.0 Å². The van der Waals surface area contributed by atoms with E-state index < -0.39 is 5.82 Å². The molecule has 0 amide bonds. The minimum atomic E-state index is -0.404. The van der Waals surface area contributed by atoms with Crippen LogP contribution in [0.3, 0.4) is 0 Å². The number of hydrogen-bond acceptors (Lipinski definition) is 4. The Morgan fingerprint density at radius 1 is 1.24 bits per heavy atom. The first-order valence-corrected chi connectivity index (χ1v) is 6.99. The summed E-state index contributed by atoms with van der Waals surface area (Å²) in [4.78, 5) is 8.55. The number of aromatic nitrogens is 2. The fraction of sp³-hybridized carbons (Fsp3) is 0.375. The maximum Gasteiger partial charge on any atom is 0.186 e. The largest absolute Gasteiger partial charge is 0.496 e. The van der Waals surface area contributed by atoms with Crippen LogP contribution in [-0.4, -0.2) is 23.6 Å². The van der Waals surface area contributed by atoms with Crippen molar-refractivity contribution in [2.45, 2.75) is 27.2 Å². The third-order valence-electron chi connectivity index (χ3n) is 3.16. The van der Waals surface area contributed by atoms with E-state index in [0.717, 1.165) is 17.5 Å². The molecular weight excluding hydrogens is 269 g/mol. The second-order valence-corrected chi connectivity index (χ2v) is 4.93. The number of rotatable bonds is 5. The van der Waals surface area contributed by atoms with E-state index in [9.17, 15) is 4.39 Å². The number of nitrogens with one attached hydrogen (secondary N) is 1. The molecule has 0 saturated heterocycles. The zero-order valence-corrected chi connectivity index (χ0v) is 12.8. The summed E-state index contributed by atoms with van der Waals surface area (Å²) in [6.07, 6.45) is 0.895. The average Bonchev–Trinajstić information content (AvgIpc) is 2.48. The first-order valence-electron chi connectivity index (χ1n) is 6.99. The monoisotopic (exact) mass is 289 g/mol. The van der Waals surface area contributed by atoms with Crippen LogP contribution in [0.15, 0.2) is 18.2 Å². The zero-order chi connectivity index (χ0) is 15.4.